The van der Waals surface area contributed by atoms with Gasteiger partial charge in [0.1, 0.15) is 0 Å². The summed E-state index contributed by atoms with van der Waals surface area (Å²) in [5.41, 5.74) is 0. The van der Waals surface area contributed by atoms with Gasteiger partial charge in [-0.15, -0.1) is 0 Å². The lowest BCUT2D eigenvalue weighted by Gasteiger charge is -2.26. The molecule has 0 spiro atoms. The minimum absolute atomic E-state index is 0.104. The summed E-state index contributed by atoms with van der Waals surface area (Å²) >= 11 is 0. The number of carbonyl (C=O) groups is 1. The minimum atomic E-state index is -3.96. The van der Waals surface area contributed by atoms with Gasteiger partial charge in [0.2, 0.25) is 10.9 Å². The lowest BCUT2D eigenvalue weighted by atomic mass is 10.3. The predicted molar refractivity (Wildman–Crippen MR) is 72.8 cm³/mol. The van der Waals surface area contributed by atoms with Gasteiger partial charge >= 0.3 is 5.97 Å². The van der Waals surface area contributed by atoms with Crippen molar-refractivity contribution in [3.05, 3.63) is 17.9 Å². The molecule has 0 aliphatic heterocycles. The van der Waals surface area contributed by atoms with Crippen LogP contribution in [0, 0.1) is 0 Å². The first-order valence-corrected chi connectivity index (χ1v) is 7.61. The van der Waals surface area contributed by atoms with E-state index >= 15 is 0 Å². The molecule has 1 atom stereocenters. The minimum Gasteiger partial charge on any atom is -0.475 e. The van der Waals surface area contributed by atoms with Crippen LogP contribution in [0.2, 0.25) is 0 Å². The van der Waals surface area contributed by atoms with Crippen molar-refractivity contribution >= 4 is 16.0 Å². The van der Waals surface area contributed by atoms with Crippen molar-refractivity contribution in [1.82, 2.24) is 4.31 Å². The van der Waals surface area contributed by atoms with Crippen molar-refractivity contribution in [1.29, 1.82) is 0 Å². The summed E-state index contributed by atoms with van der Waals surface area (Å²) in [7, 11) is -1.04. The van der Waals surface area contributed by atoms with E-state index in [1.54, 1.807) is 6.92 Å². The normalized spacial score (nSPS) is 13.5. The van der Waals surface area contributed by atoms with Crippen LogP contribution in [0.15, 0.2) is 21.6 Å². The zero-order chi connectivity index (χ0) is 16.0. The molecule has 9 heteroatoms. The van der Waals surface area contributed by atoms with Gasteiger partial charge in [0, 0.05) is 26.8 Å². The molecule has 0 saturated heterocycles. The maximum Gasteiger partial charge on any atom is 0.371 e. The van der Waals surface area contributed by atoms with Crippen LogP contribution < -0.4 is 0 Å². The van der Waals surface area contributed by atoms with Gasteiger partial charge in [-0.1, -0.05) is 0 Å². The Morgan fingerprint density at radius 2 is 2.05 bits per heavy atom. The zero-order valence-electron chi connectivity index (χ0n) is 12.1. The van der Waals surface area contributed by atoms with Crippen molar-refractivity contribution in [3.63, 3.8) is 0 Å². The van der Waals surface area contributed by atoms with Gasteiger partial charge in [-0.05, 0) is 19.1 Å². The lowest BCUT2D eigenvalue weighted by molar-refractivity contribution is 0.0655. The molecule has 1 aromatic heterocycles. The van der Waals surface area contributed by atoms with Crippen LogP contribution in [0.1, 0.15) is 17.5 Å². The van der Waals surface area contributed by atoms with Crippen molar-refractivity contribution < 1.29 is 32.2 Å². The smallest absolute Gasteiger partial charge is 0.371 e. The largest absolute Gasteiger partial charge is 0.475 e. The van der Waals surface area contributed by atoms with E-state index in [2.05, 4.69) is 0 Å². The molecule has 1 heterocycles. The Balaban J connectivity index is 3.09. The van der Waals surface area contributed by atoms with Gasteiger partial charge in [0.25, 0.3) is 10.0 Å². The Morgan fingerprint density at radius 3 is 2.52 bits per heavy atom. The summed E-state index contributed by atoms with van der Waals surface area (Å²) in [6, 6.07) is 1.77. The third kappa shape index (κ3) is 4.27. The molecule has 1 rings (SSSR count). The van der Waals surface area contributed by atoms with Gasteiger partial charge in [-0.3, -0.25) is 0 Å². The highest BCUT2D eigenvalue weighted by molar-refractivity contribution is 7.89. The van der Waals surface area contributed by atoms with E-state index in [0.29, 0.717) is 0 Å². The van der Waals surface area contributed by atoms with Crippen LogP contribution in [-0.4, -0.2) is 63.8 Å². The number of carboxylic acids is 1. The summed E-state index contributed by atoms with van der Waals surface area (Å²) in [4.78, 5) is 10.8. The molecule has 0 radical (unpaired) electrons. The summed E-state index contributed by atoms with van der Waals surface area (Å²) in [5, 5.41) is 8.38. The predicted octanol–water partition coefficient (Wildman–Crippen LogP) is 0.650. The second-order valence-electron chi connectivity index (χ2n) is 4.34. The van der Waals surface area contributed by atoms with Gasteiger partial charge in [-0.25, -0.2) is 13.2 Å². The fourth-order valence-corrected chi connectivity index (χ4v) is 3.29. The number of sulfonamides is 1. The Bertz CT molecular complexity index is 566. The van der Waals surface area contributed by atoms with E-state index in [0.717, 1.165) is 16.4 Å². The molecule has 0 aliphatic rings. The molecule has 0 fully saturated rings. The summed E-state index contributed by atoms with van der Waals surface area (Å²) in [5.74, 6) is -1.76. The third-order valence-electron chi connectivity index (χ3n) is 2.77. The quantitative estimate of drug-likeness (QED) is 0.711. The molecule has 0 aliphatic carbocycles. The second kappa shape index (κ2) is 7.55. The molecule has 0 amide bonds. The average Bonchev–Trinajstić information content (AvgIpc) is 2.89. The lowest BCUT2D eigenvalue weighted by Crippen LogP contribution is -2.42. The second-order valence-corrected chi connectivity index (χ2v) is 6.16. The molecule has 0 aromatic carbocycles. The topological polar surface area (TPSA) is 106 Å². The summed E-state index contributed by atoms with van der Waals surface area (Å²) in [6.45, 7) is 2.17. The standard InChI is InChI=1S/C12H19NO7S/c1-9(8-19-3)13(6-7-18-2)21(16,17)11-5-4-10(20-11)12(14)15/h4-5,9H,6-8H2,1-3H3,(H,14,15). The number of furan rings is 1. The van der Waals surface area contributed by atoms with E-state index in [1.807, 2.05) is 0 Å². The van der Waals surface area contributed by atoms with Crippen LogP contribution in [0.3, 0.4) is 0 Å². The Labute approximate surface area is 123 Å². The van der Waals surface area contributed by atoms with E-state index in [1.165, 1.54) is 14.2 Å². The number of hydrogen-bond donors (Lipinski definition) is 1. The first kappa shape index (κ1) is 17.6. The van der Waals surface area contributed by atoms with Crippen molar-refractivity contribution in [2.75, 3.05) is 34.0 Å². The Hall–Kier alpha value is -1.42. The average molecular weight is 321 g/mol. The number of hydrogen-bond acceptors (Lipinski definition) is 6. The highest BCUT2D eigenvalue weighted by Crippen LogP contribution is 2.21. The van der Waals surface area contributed by atoms with Gasteiger partial charge < -0.3 is 19.0 Å². The highest BCUT2D eigenvalue weighted by Gasteiger charge is 2.32. The molecule has 21 heavy (non-hydrogen) atoms. The molecular formula is C12H19NO7S. The first-order chi connectivity index (χ1) is 9.84. The number of methoxy groups -OCH3 is 2. The summed E-state index contributed by atoms with van der Waals surface area (Å²) in [6.07, 6.45) is 0. The Kier molecular flexibility index (Phi) is 6.34. The van der Waals surface area contributed by atoms with E-state index in [4.69, 9.17) is 19.0 Å². The van der Waals surface area contributed by atoms with Crippen LogP contribution in [0.25, 0.3) is 0 Å². The molecule has 0 saturated carbocycles. The van der Waals surface area contributed by atoms with E-state index < -0.39 is 32.9 Å². The number of rotatable bonds is 9. The van der Waals surface area contributed by atoms with Crippen LogP contribution in [0.4, 0.5) is 0 Å². The van der Waals surface area contributed by atoms with Crippen LogP contribution in [-0.2, 0) is 19.5 Å². The zero-order valence-corrected chi connectivity index (χ0v) is 12.9. The van der Waals surface area contributed by atoms with Gasteiger partial charge in [-0.2, -0.15) is 4.31 Å². The van der Waals surface area contributed by atoms with E-state index in [9.17, 15) is 13.2 Å². The van der Waals surface area contributed by atoms with Crippen molar-refractivity contribution in [2.24, 2.45) is 0 Å². The van der Waals surface area contributed by atoms with Crippen LogP contribution in [0.5, 0.6) is 0 Å². The third-order valence-corrected chi connectivity index (χ3v) is 4.66. The number of nitrogens with zero attached hydrogens (tertiary/aromatic N) is 1. The fraction of sp³-hybridized carbons (Fsp3) is 0.583. The monoisotopic (exact) mass is 321 g/mol. The first-order valence-electron chi connectivity index (χ1n) is 6.17. The number of aromatic carboxylic acids is 1. The molecule has 1 aromatic rings. The maximum absolute atomic E-state index is 12.5. The SMILES string of the molecule is COCCN(C(C)COC)S(=O)(=O)c1ccc(C(=O)O)o1. The Morgan fingerprint density at radius 1 is 1.38 bits per heavy atom. The molecule has 8 nitrogen and oxygen atoms in total. The molecule has 1 unspecified atom stereocenters. The van der Waals surface area contributed by atoms with Gasteiger partial charge in [0.05, 0.1) is 13.2 Å². The number of carboxylic acid groups (broad SMARTS) is 1. The van der Waals surface area contributed by atoms with E-state index in [-0.39, 0.29) is 19.8 Å². The molecular weight excluding hydrogens is 302 g/mol. The number of ether oxygens (including phenoxy) is 2. The van der Waals surface area contributed by atoms with Crippen molar-refractivity contribution in [3.8, 4) is 0 Å². The molecule has 1 N–H and O–H groups in total. The van der Waals surface area contributed by atoms with Crippen molar-refractivity contribution in [2.45, 2.75) is 18.1 Å². The van der Waals surface area contributed by atoms with Crippen LogP contribution >= 0.6 is 0 Å². The summed E-state index contributed by atoms with van der Waals surface area (Å²) < 4.78 is 41.0. The highest BCUT2D eigenvalue weighted by atomic mass is 32.2. The molecule has 120 valence electrons. The van der Waals surface area contributed by atoms with Gasteiger partial charge in [0.15, 0.2) is 0 Å². The molecule has 0 bridgehead atoms. The fourth-order valence-electron chi connectivity index (χ4n) is 1.77. The maximum atomic E-state index is 12.5.